The highest BCUT2D eigenvalue weighted by molar-refractivity contribution is 7.21. The van der Waals surface area contributed by atoms with Gasteiger partial charge in [-0.15, -0.1) is 0 Å². The van der Waals surface area contributed by atoms with Crippen molar-refractivity contribution in [2.24, 2.45) is 5.92 Å². The van der Waals surface area contributed by atoms with E-state index in [9.17, 15) is 8.78 Å². The van der Waals surface area contributed by atoms with E-state index in [1.807, 2.05) is 18.2 Å². The van der Waals surface area contributed by atoms with E-state index >= 15 is 0 Å². The number of alkyl halides is 2. The highest BCUT2D eigenvalue weighted by Crippen LogP contribution is 2.41. The van der Waals surface area contributed by atoms with Crippen molar-refractivity contribution in [1.82, 2.24) is 34.7 Å². The van der Waals surface area contributed by atoms with E-state index in [2.05, 4.69) is 41.9 Å². The Hall–Kier alpha value is -4.30. The van der Waals surface area contributed by atoms with Crippen LogP contribution >= 0.6 is 11.3 Å². The second-order valence-corrected chi connectivity index (χ2v) is 9.10. The molecule has 6 rings (SSSR count). The molecule has 4 heterocycles. The largest absolute Gasteiger partial charge is 0.494 e. The first kappa shape index (κ1) is 22.2. The minimum Gasteiger partial charge on any atom is -0.494 e. The van der Waals surface area contributed by atoms with Crippen molar-refractivity contribution in [2.45, 2.75) is 19.3 Å². The maximum atomic E-state index is 13.6. The number of benzene rings is 1. The minimum atomic E-state index is -2.73. The molecule has 1 aliphatic carbocycles. The van der Waals surface area contributed by atoms with E-state index in [0.29, 0.717) is 55.2 Å². The van der Waals surface area contributed by atoms with Gasteiger partial charge >= 0.3 is 0 Å². The number of thiazole rings is 1. The Kier molecular flexibility index (Phi) is 5.58. The first-order chi connectivity index (χ1) is 17.6. The topological polar surface area (TPSA) is 91.5 Å². The fraction of sp³-hybridized carbons (Fsp3) is 0.200. The van der Waals surface area contributed by atoms with Crippen LogP contribution in [-0.2, 0) is 0 Å². The molecule has 0 aliphatic heterocycles. The quantitative estimate of drug-likeness (QED) is 0.309. The summed E-state index contributed by atoms with van der Waals surface area (Å²) in [6.45, 7) is 0. The van der Waals surface area contributed by atoms with E-state index in [-0.39, 0.29) is 5.69 Å². The van der Waals surface area contributed by atoms with Gasteiger partial charge in [-0.2, -0.15) is 5.10 Å². The lowest BCUT2D eigenvalue weighted by Crippen LogP contribution is -1.99. The number of ether oxygens (including phenoxy) is 1. The number of nitrogens with zero attached hydrogens (tertiary/aromatic N) is 7. The molecule has 1 aliphatic rings. The summed E-state index contributed by atoms with van der Waals surface area (Å²) < 4.78 is 34.2. The van der Waals surface area contributed by atoms with Crippen LogP contribution in [0, 0.1) is 17.8 Å². The molecule has 0 N–H and O–H groups in total. The van der Waals surface area contributed by atoms with Crippen molar-refractivity contribution in [3.05, 3.63) is 60.7 Å². The molecule has 8 nitrogen and oxygen atoms in total. The first-order valence-corrected chi connectivity index (χ1v) is 11.9. The van der Waals surface area contributed by atoms with E-state index in [1.54, 1.807) is 17.2 Å². The van der Waals surface area contributed by atoms with Gasteiger partial charge in [0.25, 0.3) is 6.43 Å². The van der Waals surface area contributed by atoms with Crippen molar-refractivity contribution in [2.75, 3.05) is 7.11 Å². The van der Waals surface area contributed by atoms with Gasteiger partial charge in [0.15, 0.2) is 10.5 Å². The lowest BCUT2D eigenvalue weighted by atomic mass is 9.98. The van der Waals surface area contributed by atoms with E-state index in [0.717, 1.165) is 12.8 Å². The van der Waals surface area contributed by atoms with Crippen LogP contribution < -0.4 is 4.74 Å². The Bertz CT molecular complexity index is 1640. The lowest BCUT2D eigenvalue weighted by Gasteiger charge is -2.14. The molecule has 0 bridgehead atoms. The van der Waals surface area contributed by atoms with E-state index in [4.69, 9.17) is 4.74 Å². The van der Waals surface area contributed by atoms with Crippen molar-refractivity contribution in [1.29, 1.82) is 0 Å². The second-order valence-electron chi connectivity index (χ2n) is 8.13. The van der Waals surface area contributed by atoms with Crippen LogP contribution in [0.4, 0.5) is 8.78 Å². The van der Waals surface area contributed by atoms with Gasteiger partial charge in [-0.3, -0.25) is 4.98 Å². The number of rotatable bonds is 5. The molecule has 5 aromatic rings. The number of pyridine rings is 1. The number of hydrogen-bond donors (Lipinski definition) is 0. The smallest absolute Gasteiger partial charge is 0.280 e. The van der Waals surface area contributed by atoms with Crippen molar-refractivity contribution >= 4 is 21.8 Å². The normalized spacial score (nSPS) is 13.1. The summed E-state index contributed by atoms with van der Waals surface area (Å²) in [5.41, 5.74) is 3.22. The first-order valence-electron chi connectivity index (χ1n) is 11.1. The fourth-order valence-electron chi connectivity index (χ4n) is 3.68. The van der Waals surface area contributed by atoms with Crippen LogP contribution in [0.5, 0.6) is 5.75 Å². The molecule has 0 atom stereocenters. The molecule has 1 aromatic carbocycles. The predicted octanol–water partition coefficient (Wildman–Crippen LogP) is 5.10. The van der Waals surface area contributed by atoms with Gasteiger partial charge in [-0.05, 0) is 48.6 Å². The standard InChI is InChI=1S/C25H17F2N7OS/c1-35-21-11-29-20(22(26)27)9-19(21)18-8-16(34-13-28-12-31-34)6-7-17(18)24-33-23-25(36-24)32-15(10-30-23)5-4-14-2-3-14/h6-14,22H,2-3H2,1H3. The molecule has 1 saturated carbocycles. The summed E-state index contributed by atoms with van der Waals surface area (Å²) in [6, 6.07) is 6.88. The van der Waals surface area contributed by atoms with Gasteiger partial charge in [0.1, 0.15) is 34.8 Å². The Morgan fingerprint density at radius 1 is 1.08 bits per heavy atom. The third-order valence-electron chi connectivity index (χ3n) is 5.64. The van der Waals surface area contributed by atoms with Crippen LogP contribution in [-0.4, -0.2) is 41.8 Å². The zero-order valence-corrected chi connectivity index (χ0v) is 19.7. The van der Waals surface area contributed by atoms with Gasteiger partial charge in [0.05, 0.1) is 25.2 Å². The van der Waals surface area contributed by atoms with Crippen LogP contribution in [0.2, 0.25) is 0 Å². The van der Waals surface area contributed by atoms with Crippen LogP contribution in [0.25, 0.3) is 37.9 Å². The summed E-state index contributed by atoms with van der Waals surface area (Å²) >= 11 is 1.36. The van der Waals surface area contributed by atoms with E-state index in [1.165, 1.54) is 37.0 Å². The molecule has 36 heavy (non-hydrogen) atoms. The summed E-state index contributed by atoms with van der Waals surface area (Å²) in [5.74, 6) is 7.09. The molecule has 1 fully saturated rings. The number of hydrogen-bond acceptors (Lipinski definition) is 8. The highest BCUT2D eigenvalue weighted by atomic mass is 32.1. The summed E-state index contributed by atoms with van der Waals surface area (Å²) in [5, 5.41) is 4.82. The molecule has 0 amide bonds. The second kappa shape index (κ2) is 9.05. The molecular formula is C25H17F2N7OS. The summed E-state index contributed by atoms with van der Waals surface area (Å²) in [6.07, 6.45) is 5.43. The molecule has 0 unspecified atom stereocenters. The molecular weight excluding hydrogens is 484 g/mol. The SMILES string of the molecule is COc1cnc(C(F)F)cc1-c1cc(-n2cncn2)ccc1-c1nc2ncc(C#CC3CC3)nc2s1. The third kappa shape index (κ3) is 4.27. The average Bonchev–Trinajstić information content (AvgIpc) is 3.38. The maximum absolute atomic E-state index is 13.6. The zero-order valence-electron chi connectivity index (χ0n) is 18.9. The molecule has 0 spiro atoms. The number of methoxy groups -OCH3 is 1. The van der Waals surface area contributed by atoms with Gasteiger partial charge in [-0.1, -0.05) is 17.3 Å². The molecule has 4 aromatic heterocycles. The van der Waals surface area contributed by atoms with Crippen LogP contribution in [0.15, 0.2) is 49.3 Å². The molecule has 0 radical (unpaired) electrons. The summed E-state index contributed by atoms with van der Waals surface area (Å²) in [7, 11) is 1.47. The van der Waals surface area contributed by atoms with Crippen molar-refractivity contribution in [3.63, 3.8) is 0 Å². The molecule has 0 saturated heterocycles. The fourth-order valence-corrected chi connectivity index (χ4v) is 4.61. The molecule has 178 valence electrons. The number of aromatic nitrogens is 7. The van der Waals surface area contributed by atoms with E-state index < -0.39 is 6.43 Å². The Morgan fingerprint density at radius 2 is 1.97 bits per heavy atom. The van der Waals surface area contributed by atoms with Gasteiger partial charge in [0, 0.05) is 17.0 Å². The number of halogens is 2. The van der Waals surface area contributed by atoms with Crippen molar-refractivity contribution < 1.29 is 13.5 Å². The zero-order chi connectivity index (χ0) is 24.6. The third-order valence-corrected chi connectivity index (χ3v) is 6.62. The van der Waals surface area contributed by atoms with Gasteiger partial charge < -0.3 is 4.74 Å². The minimum absolute atomic E-state index is 0.352. The van der Waals surface area contributed by atoms with Crippen molar-refractivity contribution in [3.8, 4) is 45.0 Å². The maximum Gasteiger partial charge on any atom is 0.280 e. The highest BCUT2D eigenvalue weighted by Gasteiger charge is 2.21. The van der Waals surface area contributed by atoms with Gasteiger partial charge in [0.2, 0.25) is 0 Å². The Morgan fingerprint density at radius 3 is 2.72 bits per heavy atom. The Balaban J connectivity index is 1.52. The Labute approximate surface area is 208 Å². The average molecular weight is 502 g/mol. The predicted molar refractivity (Wildman–Crippen MR) is 130 cm³/mol. The number of fused-ring (bicyclic) bond motifs is 1. The molecule has 11 heteroatoms. The monoisotopic (exact) mass is 501 g/mol. The van der Waals surface area contributed by atoms with Crippen LogP contribution in [0.1, 0.15) is 30.7 Å². The van der Waals surface area contributed by atoms with Crippen LogP contribution in [0.3, 0.4) is 0 Å². The van der Waals surface area contributed by atoms with Gasteiger partial charge in [-0.25, -0.2) is 33.4 Å². The lowest BCUT2D eigenvalue weighted by molar-refractivity contribution is 0.146. The summed E-state index contributed by atoms with van der Waals surface area (Å²) in [4.78, 5) is 22.2.